The predicted octanol–water partition coefficient (Wildman–Crippen LogP) is 1.22. The van der Waals surface area contributed by atoms with Gasteiger partial charge in [0, 0.05) is 6.26 Å². The van der Waals surface area contributed by atoms with Crippen LogP contribution >= 0.6 is 0 Å². The predicted molar refractivity (Wildman–Crippen MR) is 56.8 cm³/mol. The van der Waals surface area contributed by atoms with Crippen LogP contribution in [-0.2, 0) is 9.84 Å². The van der Waals surface area contributed by atoms with Crippen LogP contribution in [0.4, 0.5) is 0 Å². The highest BCUT2D eigenvalue weighted by atomic mass is 32.2. The Hall–Kier alpha value is -0.0900. The second-order valence-electron chi connectivity index (χ2n) is 4.66. The largest absolute Gasteiger partial charge is 0.393 e. The van der Waals surface area contributed by atoms with Crippen molar-refractivity contribution in [2.45, 2.75) is 38.7 Å². The molecule has 1 aliphatic rings. The molecule has 4 heteroatoms. The van der Waals surface area contributed by atoms with Crippen molar-refractivity contribution >= 4 is 9.84 Å². The van der Waals surface area contributed by atoms with E-state index in [4.69, 9.17) is 0 Å². The maximum atomic E-state index is 10.9. The molecular weight excluding hydrogens is 200 g/mol. The Bertz CT molecular complexity index is 271. The SMILES string of the molecule is CC1CCC(C(O)CCS(C)(=O)=O)C1. The minimum Gasteiger partial charge on any atom is -0.393 e. The molecule has 1 fully saturated rings. The molecule has 0 radical (unpaired) electrons. The van der Waals surface area contributed by atoms with Crippen LogP contribution in [0.2, 0.25) is 0 Å². The van der Waals surface area contributed by atoms with Crippen molar-refractivity contribution in [3.8, 4) is 0 Å². The van der Waals surface area contributed by atoms with E-state index in [2.05, 4.69) is 6.92 Å². The average molecular weight is 220 g/mol. The first-order chi connectivity index (χ1) is 6.38. The van der Waals surface area contributed by atoms with Crippen LogP contribution in [-0.4, -0.2) is 31.6 Å². The van der Waals surface area contributed by atoms with Gasteiger partial charge in [-0.2, -0.15) is 0 Å². The highest BCUT2D eigenvalue weighted by molar-refractivity contribution is 7.90. The third kappa shape index (κ3) is 3.96. The van der Waals surface area contributed by atoms with Gasteiger partial charge in [0.25, 0.3) is 0 Å². The molecule has 1 N–H and O–H groups in total. The fourth-order valence-electron chi connectivity index (χ4n) is 2.17. The number of hydrogen-bond acceptors (Lipinski definition) is 3. The summed E-state index contributed by atoms with van der Waals surface area (Å²) in [6, 6.07) is 0. The van der Waals surface area contributed by atoms with Gasteiger partial charge in [0.2, 0.25) is 0 Å². The van der Waals surface area contributed by atoms with Gasteiger partial charge in [0.05, 0.1) is 11.9 Å². The molecule has 1 rings (SSSR count). The summed E-state index contributed by atoms with van der Waals surface area (Å²) in [6.45, 7) is 2.18. The van der Waals surface area contributed by atoms with E-state index in [0.717, 1.165) is 12.8 Å². The van der Waals surface area contributed by atoms with Crippen LogP contribution in [0.15, 0.2) is 0 Å². The minimum atomic E-state index is -2.92. The second kappa shape index (κ2) is 4.62. The molecule has 0 saturated heterocycles. The van der Waals surface area contributed by atoms with Gasteiger partial charge >= 0.3 is 0 Å². The van der Waals surface area contributed by atoms with Gasteiger partial charge in [0.15, 0.2) is 0 Å². The molecule has 0 aliphatic heterocycles. The van der Waals surface area contributed by atoms with Crippen molar-refractivity contribution in [2.75, 3.05) is 12.0 Å². The average Bonchev–Trinajstić information content (AvgIpc) is 2.46. The first kappa shape index (κ1) is 12.0. The maximum Gasteiger partial charge on any atom is 0.147 e. The molecule has 3 atom stereocenters. The third-order valence-corrected chi connectivity index (χ3v) is 4.04. The van der Waals surface area contributed by atoms with Crippen molar-refractivity contribution < 1.29 is 13.5 Å². The molecule has 0 aromatic carbocycles. The molecule has 3 unspecified atom stereocenters. The summed E-state index contributed by atoms with van der Waals surface area (Å²) in [5.74, 6) is 1.12. The summed E-state index contributed by atoms with van der Waals surface area (Å²) < 4.78 is 21.8. The Morgan fingerprint density at radius 2 is 2.07 bits per heavy atom. The lowest BCUT2D eigenvalue weighted by atomic mass is 9.98. The van der Waals surface area contributed by atoms with Crippen molar-refractivity contribution in [3.05, 3.63) is 0 Å². The molecule has 0 aromatic rings. The van der Waals surface area contributed by atoms with Crippen LogP contribution in [0.3, 0.4) is 0 Å². The van der Waals surface area contributed by atoms with Gasteiger partial charge in [-0.3, -0.25) is 0 Å². The summed E-state index contributed by atoms with van der Waals surface area (Å²) in [6.07, 6.45) is 4.46. The minimum absolute atomic E-state index is 0.110. The number of aliphatic hydroxyl groups is 1. The molecule has 0 heterocycles. The van der Waals surface area contributed by atoms with Gasteiger partial charge in [-0.15, -0.1) is 0 Å². The van der Waals surface area contributed by atoms with Crippen LogP contribution in [0.25, 0.3) is 0 Å². The summed E-state index contributed by atoms with van der Waals surface area (Å²) in [4.78, 5) is 0. The van der Waals surface area contributed by atoms with E-state index in [1.807, 2.05) is 0 Å². The standard InChI is InChI=1S/C10H20O3S/c1-8-3-4-9(7-8)10(11)5-6-14(2,12)13/h8-11H,3-7H2,1-2H3. The van der Waals surface area contributed by atoms with E-state index in [-0.39, 0.29) is 5.75 Å². The lowest BCUT2D eigenvalue weighted by Gasteiger charge is -2.17. The fraction of sp³-hybridized carbons (Fsp3) is 1.00. The molecule has 3 nitrogen and oxygen atoms in total. The second-order valence-corrected chi connectivity index (χ2v) is 6.92. The summed E-state index contributed by atoms with van der Waals surface area (Å²) in [5.41, 5.74) is 0. The lowest BCUT2D eigenvalue weighted by molar-refractivity contribution is 0.106. The molecule has 1 saturated carbocycles. The van der Waals surface area contributed by atoms with Gasteiger partial charge in [-0.25, -0.2) is 8.42 Å². The van der Waals surface area contributed by atoms with Gasteiger partial charge in [-0.05, 0) is 31.1 Å². The monoisotopic (exact) mass is 220 g/mol. The topological polar surface area (TPSA) is 54.4 Å². The smallest absolute Gasteiger partial charge is 0.147 e. The van der Waals surface area contributed by atoms with Crippen molar-refractivity contribution in [1.29, 1.82) is 0 Å². The highest BCUT2D eigenvalue weighted by Crippen LogP contribution is 2.33. The fourth-order valence-corrected chi connectivity index (χ4v) is 2.84. The Morgan fingerprint density at radius 3 is 2.50 bits per heavy atom. The van der Waals surface area contributed by atoms with Crippen LogP contribution in [0.5, 0.6) is 0 Å². The third-order valence-electron chi connectivity index (χ3n) is 3.06. The molecule has 1 aliphatic carbocycles. The number of rotatable bonds is 4. The van der Waals surface area contributed by atoms with Crippen molar-refractivity contribution in [3.63, 3.8) is 0 Å². The Balaban J connectivity index is 2.32. The molecule has 14 heavy (non-hydrogen) atoms. The van der Waals surface area contributed by atoms with E-state index < -0.39 is 15.9 Å². The Kier molecular flexibility index (Phi) is 3.95. The molecular formula is C10H20O3S. The molecule has 0 spiro atoms. The zero-order chi connectivity index (χ0) is 10.8. The summed E-state index contributed by atoms with van der Waals surface area (Å²) in [7, 11) is -2.92. The maximum absolute atomic E-state index is 10.9. The van der Waals surface area contributed by atoms with E-state index in [1.165, 1.54) is 12.7 Å². The summed E-state index contributed by atoms with van der Waals surface area (Å²) >= 11 is 0. The van der Waals surface area contributed by atoms with Crippen LogP contribution < -0.4 is 0 Å². The highest BCUT2D eigenvalue weighted by Gasteiger charge is 2.27. The number of aliphatic hydroxyl groups excluding tert-OH is 1. The van der Waals surface area contributed by atoms with E-state index in [1.54, 1.807) is 0 Å². The van der Waals surface area contributed by atoms with Crippen molar-refractivity contribution in [2.24, 2.45) is 11.8 Å². The quantitative estimate of drug-likeness (QED) is 0.775. The number of hydrogen-bond donors (Lipinski definition) is 1. The van der Waals surface area contributed by atoms with Gasteiger partial charge in [-0.1, -0.05) is 13.3 Å². The summed E-state index contributed by atoms with van der Waals surface area (Å²) in [5, 5.41) is 9.77. The van der Waals surface area contributed by atoms with Crippen LogP contribution in [0.1, 0.15) is 32.6 Å². The molecule has 84 valence electrons. The molecule has 0 aromatic heterocycles. The Labute approximate surface area is 86.4 Å². The van der Waals surface area contributed by atoms with Crippen molar-refractivity contribution in [1.82, 2.24) is 0 Å². The van der Waals surface area contributed by atoms with E-state index in [9.17, 15) is 13.5 Å². The van der Waals surface area contributed by atoms with Crippen LogP contribution in [0, 0.1) is 11.8 Å². The zero-order valence-corrected chi connectivity index (χ0v) is 9.76. The van der Waals surface area contributed by atoms with E-state index in [0.29, 0.717) is 18.3 Å². The lowest BCUT2D eigenvalue weighted by Crippen LogP contribution is -2.21. The Morgan fingerprint density at radius 1 is 1.43 bits per heavy atom. The van der Waals surface area contributed by atoms with Gasteiger partial charge < -0.3 is 5.11 Å². The first-order valence-corrected chi connectivity index (χ1v) is 7.30. The van der Waals surface area contributed by atoms with E-state index >= 15 is 0 Å². The molecule has 0 amide bonds. The normalized spacial score (nSPS) is 30.5. The zero-order valence-electron chi connectivity index (χ0n) is 8.94. The molecule has 0 bridgehead atoms. The number of sulfone groups is 1. The van der Waals surface area contributed by atoms with Gasteiger partial charge in [0.1, 0.15) is 9.84 Å². The first-order valence-electron chi connectivity index (χ1n) is 5.24.